The van der Waals surface area contributed by atoms with Gasteiger partial charge >= 0.3 is 0 Å². The van der Waals surface area contributed by atoms with E-state index in [0.717, 1.165) is 17.9 Å². The normalized spacial score (nSPS) is 11.7. The Balaban J connectivity index is 2.20. The van der Waals surface area contributed by atoms with Crippen LogP contribution in [0.5, 0.6) is 0 Å². The lowest BCUT2D eigenvalue weighted by Gasteiger charge is -2.25. The van der Waals surface area contributed by atoms with Gasteiger partial charge in [0.2, 0.25) is 0 Å². The Bertz CT molecular complexity index is 578. The van der Waals surface area contributed by atoms with Crippen LogP contribution in [0.3, 0.4) is 0 Å². The predicted molar refractivity (Wildman–Crippen MR) is 89.8 cm³/mol. The first kappa shape index (κ1) is 15.7. The van der Waals surface area contributed by atoms with E-state index in [-0.39, 0.29) is 11.3 Å². The van der Waals surface area contributed by atoms with Gasteiger partial charge in [0.15, 0.2) is 0 Å². The summed E-state index contributed by atoms with van der Waals surface area (Å²) in [6, 6.07) is 4.25. The highest BCUT2D eigenvalue weighted by Gasteiger charge is 2.23. The zero-order valence-electron chi connectivity index (χ0n) is 13.0. The van der Waals surface area contributed by atoms with Gasteiger partial charge < -0.3 is 10.7 Å². The molecule has 0 unspecified atom stereocenters. The lowest BCUT2D eigenvalue weighted by atomic mass is 9.91. The Labute approximate surface area is 130 Å². The van der Waals surface area contributed by atoms with E-state index in [0.29, 0.717) is 5.82 Å². The monoisotopic (exact) mass is 305 g/mol. The summed E-state index contributed by atoms with van der Waals surface area (Å²) in [7, 11) is 0. The maximum absolute atomic E-state index is 5.55. The lowest BCUT2D eigenvalue weighted by molar-refractivity contribution is 0.567. The fourth-order valence-electron chi connectivity index (χ4n) is 2.25. The fraction of sp³-hybridized carbons (Fsp3) is 0.467. The van der Waals surface area contributed by atoms with Crippen molar-refractivity contribution in [1.82, 2.24) is 9.97 Å². The zero-order chi connectivity index (χ0) is 15.5. The molecule has 0 fully saturated rings. The smallest absolute Gasteiger partial charge is 0.148 e. The summed E-state index contributed by atoms with van der Waals surface area (Å²) in [5.41, 5.74) is 3.71. The van der Waals surface area contributed by atoms with Gasteiger partial charge in [0, 0.05) is 22.4 Å². The first-order valence-electron chi connectivity index (χ1n) is 7.05. The Morgan fingerprint density at radius 3 is 2.57 bits per heavy atom. The van der Waals surface area contributed by atoms with Gasteiger partial charge in [-0.3, -0.25) is 0 Å². The molecule has 0 saturated carbocycles. The number of thiophene rings is 1. The van der Waals surface area contributed by atoms with Crippen LogP contribution in [0.4, 0.5) is 11.6 Å². The number of nitrogens with zero attached hydrogens (tertiary/aromatic N) is 2. The zero-order valence-corrected chi connectivity index (χ0v) is 13.8. The Morgan fingerprint density at radius 2 is 2.00 bits per heavy atom. The van der Waals surface area contributed by atoms with Crippen molar-refractivity contribution in [1.29, 1.82) is 0 Å². The van der Waals surface area contributed by atoms with Crippen LogP contribution in [0.25, 0.3) is 0 Å². The third-order valence-electron chi connectivity index (χ3n) is 3.48. The van der Waals surface area contributed by atoms with Gasteiger partial charge in [0.25, 0.3) is 0 Å². The van der Waals surface area contributed by atoms with E-state index in [1.165, 1.54) is 11.2 Å². The Kier molecular flexibility index (Phi) is 4.80. The highest BCUT2D eigenvalue weighted by atomic mass is 32.1. The van der Waals surface area contributed by atoms with Crippen LogP contribution in [0.1, 0.15) is 44.1 Å². The van der Waals surface area contributed by atoms with Crippen LogP contribution >= 0.6 is 11.3 Å². The molecule has 0 amide bonds. The third kappa shape index (κ3) is 3.51. The number of nitrogens with two attached hydrogens (primary N) is 1. The highest BCUT2D eigenvalue weighted by Crippen LogP contribution is 2.31. The molecule has 2 rings (SSSR count). The average molecular weight is 305 g/mol. The van der Waals surface area contributed by atoms with Crippen LogP contribution in [0, 0.1) is 0 Å². The van der Waals surface area contributed by atoms with Gasteiger partial charge in [-0.15, -0.1) is 11.3 Å². The maximum Gasteiger partial charge on any atom is 0.148 e. The minimum atomic E-state index is 0.0453. The number of rotatable bonds is 6. The quantitative estimate of drug-likeness (QED) is 0.564. The molecule has 0 aliphatic rings. The van der Waals surface area contributed by atoms with Crippen molar-refractivity contribution in [3.63, 3.8) is 0 Å². The van der Waals surface area contributed by atoms with Gasteiger partial charge in [-0.25, -0.2) is 15.8 Å². The van der Waals surface area contributed by atoms with Gasteiger partial charge in [0.05, 0.1) is 0 Å². The Morgan fingerprint density at radius 1 is 1.29 bits per heavy atom. The topological polar surface area (TPSA) is 75.9 Å². The standard InChI is InChI=1S/C15H23N5S/c1-10(2)12-13(18-9-19-14(12)20-16)17-8-15(3,4)11-6-5-7-21-11/h5-7,9-10H,8,16H2,1-4H3,(H2,17,18,19,20). The number of hydrogen-bond donors (Lipinski definition) is 3. The fourth-order valence-corrected chi connectivity index (χ4v) is 3.11. The molecule has 5 nitrogen and oxygen atoms in total. The Hall–Kier alpha value is -1.66. The molecule has 114 valence electrons. The minimum Gasteiger partial charge on any atom is -0.369 e. The van der Waals surface area contributed by atoms with Gasteiger partial charge in [0.1, 0.15) is 18.0 Å². The van der Waals surface area contributed by atoms with Crippen molar-refractivity contribution >= 4 is 23.0 Å². The van der Waals surface area contributed by atoms with Crippen LogP contribution in [-0.2, 0) is 5.41 Å². The maximum atomic E-state index is 5.55. The molecule has 0 aromatic carbocycles. The molecular formula is C15H23N5S. The molecule has 2 aromatic rings. The highest BCUT2D eigenvalue weighted by molar-refractivity contribution is 7.10. The molecule has 2 aromatic heterocycles. The summed E-state index contributed by atoms with van der Waals surface area (Å²) in [5, 5.41) is 5.57. The van der Waals surface area contributed by atoms with Crippen LogP contribution < -0.4 is 16.6 Å². The number of nitrogen functional groups attached to an aromatic ring is 1. The van der Waals surface area contributed by atoms with E-state index in [1.807, 2.05) is 0 Å². The molecule has 0 saturated heterocycles. The van der Waals surface area contributed by atoms with E-state index in [1.54, 1.807) is 11.3 Å². The summed E-state index contributed by atoms with van der Waals surface area (Å²) in [6.45, 7) is 9.47. The van der Waals surface area contributed by atoms with E-state index in [9.17, 15) is 0 Å². The van der Waals surface area contributed by atoms with Crippen LogP contribution in [0.15, 0.2) is 23.8 Å². The summed E-state index contributed by atoms with van der Waals surface area (Å²) in [6.07, 6.45) is 1.53. The van der Waals surface area contributed by atoms with E-state index >= 15 is 0 Å². The van der Waals surface area contributed by atoms with Crippen LogP contribution in [-0.4, -0.2) is 16.5 Å². The summed E-state index contributed by atoms with van der Waals surface area (Å²) in [4.78, 5) is 9.92. The van der Waals surface area contributed by atoms with Crippen molar-refractivity contribution in [3.05, 3.63) is 34.3 Å². The number of hydrazine groups is 1. The minimum absolute atomic E-state index is 0.0453. The molecule has 0 radical (unpaired) electrons. The lowest BCUT2D eigenvalue weighted by Crippen LogP contribution is -2.27. The van der Waals surface area contributed by atoms with Gasteiger partial charge in [-0.2, -0.15) is 0 Å². The van der Waals surface area contributed by atoms with Crippen molar-refractivity contribution in [2.45, 2.75) is 39.0 Å². The number of anilines is 2. The first-order valence-corrected chi connectivity index (χ1v) is 7.93. The molecule has 6 heteroatoms. The summed E-state index contributed by atoms with van der Waals surface area (Å²) < 4.78 is 0. The second-order valence-corrected chi connectivity index (χ2v) is 6.95. The SMILES string of the molecule is CC(C)c1c(NN)ncnc1NCC(C)(C)c1cccs1. The van der Waals surface area contributed by atoms with Gasteiger partial charge in [-0.05, 0) is 17.4 Å². The second kappa shape index (κ2) is 6.41. The number of aromatic nitrogens is 2. The second-order valence-electron chi connectivity index (χ2n) is 6.00. The molecule has 0 aliphatic carbocycles. The molecule has 4 N–H and O–H groups in total. The van der Waals surface area contributed by atoms with Crippen molar-refractivity contribution in [2.75, 3.05) is 17.3 Å². The van der Waals surface area contributed by atoms with Crippen molar-refractivity contribution < 1.29 is 0 Å². The summed E-state index contributed by atoms with van der Waals surface area (Å²) >= 11 is 1.78. The van der Waals surface area contributed by atoms with Gasteiger partial charge in [-0.1, -0.05) is 33.8 Å². The average Bonchev–Trinajstić information content (AvgIpc) is 2.99. The van der Waals surface area contributed by atoms with E-state index < -0.39 is 0 Å². The molecule has 0 spiro atoms. The predicted octanol–water partition coefficient (Wildman–Crippen LogP) is 3.34. The van der Waals surface area contributed by atoms with E-state index in [2.05, 4.69) is 65.9 Å². The molecule has 21 heavy (non-hydrogen) atoms. The molecule has 0 aliphatic heterocycles. The van der Waals surface area contributed by atoms with Crippen LogP contribution in [0.2, 0.25) is 0 Å². The third-order valence-corrected chi connectivity index (χ3v) is 4.72. The van der Waals surface area contributed by atoms with Crippen molar-refractivity contribution in [2.24, 2.45) is 5.84 Å². The largest absolute Gasteiger partial charge is 0.369 e. The molecular weight excluding hydrogens is 282 g/mol. The summed E-state index contributed by atoms with van der Waals surface area (Å²) in [5.74, 6) is 7.35. The molecule has 0 atom stereocenters. The van der Waals surface area contributed by atoms with Crippen molar-refractivity contribution in [3.8, 4) is 0 Å². The molecule has 0 bridgehead atoms. The first-order chi connectivity index (χ1) is 9.95. The van der Waals surface area contributed by atoms with E-state index in [4.69, 9.17) is 5.84 Å². The molecule has 2 heterocycles. The number of nitrogens with one attached hydrogen (secondary N) is 2. The number of hydrogen-bond acceptors (Lipinski definition) is 6.